The van der Waals surface area contributed by atoms with Gasteiger partial charge in [-0.1, -0.05) is 18.2 Å². The van der Waals surface area contributed by atoms with Gasteiger partial charge in [0.15, 0.2) is 0 Å². The maximum Gasteiger partial charge on any atom is 0 e. The van der Waals surface area contributed by atoms with Gasteiger partial charge >= 0.3 is 0 Å². The first-order chi connectivity index (χ1) is 6.92. The van der Waals surface area contributed by atoms with Gasteiger partial charge in [0, 0.05) is 20.4 Å². The van der Waals surface area contributed by atoms with Crippen LogP contribution in [0.15, 0.2) is 48.6 Å². The Morgan fingerprint density at radius 2 is 1.93 bits per heavy atom. The molecule has 1 aliphatic carbocycles. The Kier molecular flexibility index (Phi) is 4.84. The van der Waals surface area contributed by atoms with E-state index < -0.39 is 0 Å². The van der Waals surface area contributed by atoms with E-state index in [0.717, 1.165) is 6.42 Å². The van der Waals surface area contributed by atoms with Crippen LogP contribution >= 0.6 is 0 Å². The summed E-state index contributed by atoms with van der Waals surface area (Å²) in [5.41, 5.74) is 2.58. The van der Waals surface area contributed by atoms with Crippen LogP contribution in [0.3, 0.4) is 0 Å². The van der Waals surface area contributed by atoms with E-state index in [0.29, 0.717) is 0 Å². The number of allylic oxidation sites excluding steroid dienone is 2. The molecule has 1 N–H and O–H groups in total. The van der Waals surface area contributed by atoms with E-state index in [9.17, 15) is 0 Å². The molecule has 0 saturated carbocycles. The molecule has 0 unspecified atom stereocenters. The molecule has 1 aromatic rings. The van der Waals surface area contributed by atoms with Gasteiger partial charge in [-0.3, -0.25) is 0 Å². The van der Waals surface area contributed by atoms with Crippen molar-refractivity contribution in [2.75, 3.05) is 7.05 Å². The first-order valence-electron chi connectivity index (χ1n) is 4.88. The van der Waals surface area contributed by atoms with Crippen molar-refractivity contribution in [2.45, 2.75) is 6.42 Å². The third kappa shape index (κ3) is 2.82. The van der Waals surface area contributed by atoms with Crippen molar-refractivity contribution >= 4 is 5.57 Å². The minimum Gasteiger partial charge on any atom is -0.347 e. The first kappa shape index (κ1) is 12.3. The van der Waals surface area contributed by atoms with Gasteiger partial charge in [0.2, 0.25) is 0 Å². The zero-order valence-corrected chi connectivity index (χ0v) is 10.2. The molecule has 1 nitrogen and oxygen atoms in total. The summed E-state index contributed by atoms with van der Waals surface area (Å²) in [6, 6.07) is 11.8. The number of likely N-dealkylation sites (N-methyl/N-ethyl adjacent to an activating group) is 1. The Labute approximate surface area is 105 Å². The SMILES string of the molecule is CN[C-]1CC=CC=C1c1ccccc1.[Pd]. The second kappa shape index (κ2) is 5.93. The largest absolute Gasteiger partial charge is 0.347 e. The van der Waals surface area contributed by atoms with Crippen LogP contribution in [-0.4, -0.2) is 7.05 Å². The molecule has 1 aliphatic rings. The third-order valence-corrected chi connectivity index (χ3v) is 2.43. The zero-order chi connectivity index (χ0) is 9.80. The van der Waals surface area contributed by atoms with Crippen molar-refractivity contribution in [1.82, 2.24) is 5.32 Å². The summed E-state index contributed by atoms with van der Waals surface area (Å²) in [7, 11) is 1.98. The molecule has 0 heterocycles. The number of rotatable bonds is 2. The fourth-order valence-electron chi connectivity index (χ4n) is 1.69. The maximum absolute atomic E-state index is 3.25. The topological polar surface area (TPSA) is 12.0 Å². The molecule has 0 radical (unpaired) electrons. The average molecular weight is 291 g/mol. The van der Waals surface area contributed by atoms with Crippen molar-refractivity contribution in [2.24, 2.45) is 0 Å². The predicted molar refractivity (Wildman–Crippen MR) is 60.5 cm³/mol. The van der Waals surface area contributed by atoms with Gasteiger partial charge in [0.1, 0.15) is 0 Å². The van der Waals surface area contributed by atoms with Gasteiger partial charge in [-0.05, 0) is 13.5 Å². The van der Waals surface area contributed by atoms with Gasteiger partial charge in [-0.2, -0.15) is 11.6 Å². The van der Waals surface area contributed by atoms with E-state index in [2.05, 4.69) is 47.8 Å². The van der Waals surface area contributed by atoms with Crippen LogP contribution in [0.2, 0.25) is 0 Å². The molecule has 0 amide bonds. The second-order valence-corrected chi connectivity index (χ2v) is 3.31. The standard InChI is InChI=1S/C13H14N.Pd/c1-14-13-10-6-5-9-12(13)11-7-3-2-4-8-11;/h2-9,14H,10H2,1H3;/q-1;. The predicted octanol–water partition coefficient (Wildman–Crippen LogP) is 2.78. The Morgan fingerprint density at radius 1 is 1.20 bits per heavy atom. The molecular formula is C13H14NPd-. The van der Waals surface area contributed by atoms with Crippen LogP contribution in [-0.2, 0) is 20.4 Å². The number of hydrogen-bond acceptors (Lipinski definition) is 1. The molecule has 0 spiro atoms. The first-order valence-corrected chi connectivity index (χ1v) is 4.88. The van der Waals surface area contributed by atoms with Crippen molar-refractivity contribution in [1.29, 1.82) is 0 Å². The molecule has 0 fully saturated rings. The minimum atomic E-state index is 0. The summed E-state index contributed by atoms with van der Waals surface area (Å²) in [5.74, 6) is 0. The van der Waals surface area contributed by atoms with Crippen LogP contribution in [0.5, 0.6) is 0 Å². The van der Waals surface area contributed by atoms with Crippen molar-refractivity contribution in [3.8, 4) is 0 Å². The molecule has 1 aromatic carbocycles. The fourth-order valence-corrected chi connectivity index (χ4v) is 1.69. The quantitative estimate of drug-likeness (QED) is 0.652. The Hall–Kier alpha value is -0.808. The van der Waals surface area contributed by atoms with E-state index in [4.69, 9.17) is 0 Å². The normalized spacial score (nSPS) is 14.5. The molecule has 0 bridgehead atoms. The zero-order valence-electron chi connectivity index (χ0n) is 8.64. The van der Waals surface area contributed by atoms with Crippen molar-refractivity contribution < 1.29 is 20.4 Å². The third-order valence-electron chi connectivity index (χ3n) is 2.43. The van der Waals surface area contributed by atoms with E-state index in [-0.39, 0.29) is 20.4 Å². The number of hydrogen-bond donors (Lipinski definition) is 1. The molecule has 2 heteroatoms. The fraction of sp³-hybridized carbons (Fsp3) is 0.154. The molecule has 0 atom stereocenters. The van der Waals surface area contributed by atoms with E-state index in [1.807, 2.05) is 13.1 Å². The average Bonchev–Trinajstić information content (AvgIpc) is 2.30. The van der Waals surface area contributed by atoms with Gasteiger partial charge in [-0.25, -0.2) is 0 Å². The molecule has 82 valence electrons. The van der Waals surface area contributed by atoms with Crippen LogP contribution in [0.1, 0.15) is 12.0 Å². The van der Waals surface area contributed by atoms with E-state index in [1.165, 1.54) is 17.2 Å². The monoisotopic (exact) mass is 290 g/mol. The molecule has 15 heavy (non-hydrogen) atoms. The Morgan fingerprint density at radius 3 is 2.60 bits per heavy atom. The number of nitrogens with one attached hydrogen (secondary N) is 1. The van der Waals surface area contributed by atoms with E-state index >= 15 is 0 Å². The van der Waals surface area contributed by atoms with Crippen molar-refractivity contribution in [3.63, 3.8) is 0 Å². The van der Waals surface area contributed by atoms with Crippen LogP contribution in [0, 0.1) is 6.04 Å². The van der Waals surface area contributed by atoms with Gasteiger partial charge < -0.3 is 5.32 Å². The molecular weight excluding hydrogens is 277 g/mol. The molecule has 0 saturated heterocycles. The van der Waals surface area contributed by atoms with Crippen LogP contribution in [0.25, 0.3) is 5.57 Å². The van der Waals surface area contributed by atoms with Crippen LogP contribution in [0.4, 0.5) is 0 Å². The van der Waals surface area contributed by atoms with Crippen LogP contribution < -0.4 is 5.32 Å². The molecule has 0 aromatic heterocycles. The molecule has 0 aliphatic heterocycles. The summed E-state index contributed by atoms with van der Waals surface area (Å²) >= 11 is 0. The molecule has 2 rings (SSSR count). The summed E-state index contributed by atoms with van der Waals surface area (Å²) in [6.07, 6.45) is 7.43. The summed E-state index contributed by atoms with van der Waals surface area (Å²) in [6.45, 7) is 0. The summed E-state index contributed by atoms with van der Waals surface area (Å²) in [5, 5.41) is 3.25. The Bertz CT molecular complexity index is 354. The van der Waals surface area contributed by atoms with Crippen molar-refractivity contribution in [3.05, 3.63) is 60.2 Å². The Balaban J connectivity index is 0.00000112. The van der Waals surface area contributed by atoms with Gasteiger partial charge in [-0.15, -0.1) is 35.9 Å². The number of benzene rings is 1. The smallest absolute Gasteiger partial charge is 0 e. The summed E-state index contributed by atoms with van der Waals surface area (Å²) < 4.78 is 0. The second-order valence-electron chi connectivity index (χ2n) is 3.31. The minimum absolute atomic E-state index is 0. The van der Waals surface area contributed by atoms with Gasteiger partial charge in [0.05, 0.1) is 0 Å². The summed E-state index contributed by atoms with van der Waals surface area (Å²) in [4.78, 5) is 0. The maximum atomic E-state index is 3.25. The van der Waals surface area contributed by atoms with E-state index in [1.54, 1.807) is 0 Å². The van der Waals surface area contributed by atoms with Gasteiger partial charge in [0.25, 0.3) is 0 Å².